The van der Waals surface area contributed by atoms with Crippen molar-refractivity contribution in [1.29, 1.82) is 0 Å². The minimum absolute atomic E-state index is 0.0957. The Balaban J connectivity index is 1.46. The van der Waals surface area contributed by atoms with Crippen LogP contribution >= 0.6 is 11.8 Å². The van der Waals surface area contributed by atoms with Crippen LogP contribution in [0.5, 0.6) is 5.75 Å². The molecule has 1 aliphatic heterocycles. The largest absolute Gasteiger partial charge is 0.482 e. The summed E-state index contributed by atoms with van der Waals surface area (Å²) in [4.78, 5) is 26.3. The quantitative estimate of drug-likeness (QED) is 0.432. The van der Waals surface area contributed by atoms with E-state index in [1.165, 1.54) is 0 Å². The highest BCUT2D eigenvalue weighted by Crippen LogP contribution is 2.37. The monoisotopic (exact) mass is 477 g/mol. The lowest BCUT2D eigenvalue weighted by atomic mass is 10.1. The number of nitrogens with one attached hydrogen (secondary N) is 1. The van der Waals surface area contributed by atoms with Gasteiger partial charge < -0.3 is 14.6 Å². The molecule has 0 aliphatic carbocycles. The number of aromatic nitrogens is 3. The first-order valence-corrected chi connectivity index (χ1v) is 10.8. The number of thioether (sulfide) groups is 1. The normalized spacial score (nSPS) is 14.0. The molecule has 1 aliphatic rings. The van der Waals surface area contributed by atoms with E-state index in [4.69, 9.17) is 4.74 Å². The number of amides is 2. The van der Waals surface area contributed by atoms with Crippen LogP contribution in [0, 0.1) is 17.5 Å². The van der Waals surface area contributed by atoms with Crippen LogP contribution in [0.3, 0.4) is 0 Å². The Morgan fingerprint density at radius 2 is 1.94 bits per heavy atom. The number of ether oxygens (including phenoxy) is 1. The van der Waals surface area contributed by atoms with Gasteiger partial charge in [0.05, 0.1) is 23.2 Å². The molecule has 0 saturated carbocycles. The zero-order chi connectivity index (χ0) is 23.7. The van der Waals surface area contributed by atoms with E-state index < -0.39 is 35.1 Å². The fourth-order valence-electron chi connectivity index (χ4n) is 3.42. The number of hydrogen-bond donors (Lipinski definition) is 1. The summed E-state index contributed by atoms with van der Waals surface area (Å²) in [6.07, 6.45) is 0. The highest BCUT2D eigenvalue weighted by molar-refractivity contribution is 7.99. The second kappa shape index (κ2) is 9.14. The van der Waals surface area contributed by atoms with Gasteiger partial charge in [0.15, 0.2) is 35.0 Å². The maximum atomic E-state index is 13.8. The Morgan fingerprint density at radius 1 is 1.18 bits per heavy atom. The Hall–Kier alpha value is -3.54. The first-order chi connectivity index (χ1) is 15.8. The van der Waals surface area contributed by atoms with Crippen molar-refractivity contribution < 1.29 is 27.5 Å². The molecular formula is C21H18F3N5O3S. The molecule has 2 heterocycles. The van der Waals surface area contributed by atoms with E-state index in [2.05, 4.69) is 15.5 Å². The molecule has 0 fully saturated rings. The van der Waals surface area contributed by atoms with Gasteiger partial charge in [0.1, 0.15) is 5.75 Å². The van der Waals surface area contributed by atoms with Crippen LogP contribution < -0.4 is 15.0 Å². The van der Waals surface area contributed by atoms with Crippen LogP contribution in [-0.2, 0) is 16.6 Å². The highest BCUT2D eigenvalue weighted by atomic mass is 32.2. The van der Waals surface area contributed by atoms with Crippen LogP contribution in [0.25, 0.3) is 0 Å². The summed E-state index contributed by atoms with van der Waals surface area (Å²) in [5.41, 5.74) is 0.155. The van der Waals surface area contributed by atoms with Crippen LogP contribution in [0.1, 0.15) is 18.8 Å². The van der Waals surface area contributed by atoms with E-state index in [1.54, 1.807) is 41.6 Å². The van der Waals surface area contributed by atoms with Gasteiger partial charge in [-0.05, 0) is 31.2 Å². The number of benzene rings is 2. The van der Waals surface area contributed by atoms with Gasteiger partial charge in [0.2, 0.25) is 5.91 Å². The van der Waals surface area contributed by atoms with E-state index in [0.29, 0.717) is 22.4 Å². The predicted octanol–water partition coefficient (Wildman–Crippen LogP) is 3.45. The van der Waals surface area contributed by atoms with Gasteiger partial charge in [0.25, 0.3) is 5.91 Å². The van der Waals surface area contributed by atoms with Gasteiger partial charge in [0, 0.05) is 7.05 Å². The van der Waals surface area contributed by atoms with Crippen LogP contribution in [0.15, 0.2) is 41.6 Å². The molecule has 4 rings (SSSR count). The van der Waals surface area contributed by atoms with Gasteiger partial charge in [-0.25, -0.2) is 13.2 Å². The molecule has 1 aromatic heterocycles. The van der Waals surface area contributed by atoms with Crippen LogP contribution in [-0.4, -0.2) is 38.9 Å². The van der Waals surface area contributed by atoms with E-state index in [1.807, 2.05) is 6.07 Å². The second-order valence-electron chi connectivity index (χ2n) is 7.16. The lowest BCUT2D eigenvalue weighted by molar-refractivity contribution is -0.121. The van der Waals surface area contributed by atoms with Crippen molar-refractivity contribution in [3.8, 4) is 5.75 Å². The summed E-state index contributed by atoms with van der Waals surface area (Å²) in [7, 11) is 1.69. The minimum atomic E-state index is -1.66. The number of para-hydroxylation sites is 2. The summed E-state index contributed by atoms with van der Waals surface area (Å²) in [5.74, 6) is -4.47. The third-order valence-corrected chi connectivity index (χ3v) is 6.04. The van der Waals surface area contributed by atoms with Crippen molar-refractivity contribution in [2.45, 2.75) is 18.1 Å². The molecule has 8 nitrogen and oxygen atoms in total. The Morgan fingerprint density at radius 3 is 2.73 bits per heavy atom. The number of halogens is 3. The van der Waals surface area contributed by atoms with Gasteiger partial charge >= 0.3 is 0 Å². The van der Waals surface area contributed by atoms with Gasteiger partial charge in [-0.15, -0.1) is 10.2 Å². The molecule has 1 atom stereocenters. The van der Waals surface area contributed by atoms with Crippen molar-refractivity contribution in [2.24, 2.45) is 7.05 Å². The maximum Gasteiger partial charge on any atom is 0.265 e. The lowest BCUT2D eigenvalue weighted by Gasteiger charge is -2.33. The Bertz CT molecular complexity index is 1240. The number of carbonyl (C=O) groups is 2. The second-order valence-corrected chi connectivity index (χ2v) is 8.10. The van der Waals surface area contributed by atoms with E-state index >= 15 is 0 Å². The molecule has 2 aromatic carbocycles. The number of carbonyl (C=O) groups excluding carboxylic acids is 2. The molecule has 0 bridgehead atoms. The SMILES string of the molecule is CC(c1nnc(SCC(=O)Nc2ccc(F)c(F)c2F)n1C)N1C(=O)COc2ccccc21. The summed E-state index contributed by atoms with van der Waals surface area (Å²) in [5, 5.41) is 10.8. The number of hydrogen-bond acceptors (Lipinski definition) is 6. The summed E-state index contributed by atoms with van der Waals surface area (Å²) >= 11 is 1.02. The highest BCUT2D eigenvalue weighted by Gasteiger charge is 2.32. The third kappa shape index (κ3) is 4.38. The Labute approximate surface area is 190 Å². The topological polar surface area (TPSA) is 89.4 Å². The third-order valence-electron chi connectivity index (χ3n) is 5.02. The van der Waals surface area contributed by atoms with Crippen molar-refractivity contribution >= 4 is 35.0 Å². The standard InChI is InChI=1S/C21H18F3N5O3S/c1-11(29-14-5-3-4-6-15(14)32-9-17(29)31)20-26-27-21(28(20)2)33-10-16(30)25-13-8-7-12(22)18(23)19(13)24/h3-8,11H,9-10H2,1-2H3,(H,25,30). The molecule has 0 radical (unpaired) electrons. The van der Waals surface area contributed by atoms with Crippen LogP contribution in [0.2, 0.25) is 0 Å². The number of fused-ring (bicyclic) bond motifs is 1. The molecular weight excluding hydrogens is 459 g/mol. The zero-order valence-corrected chi connectivity index (χ0v) is 18.3. The molecule has 1 N–H and O–H groups in total. The van der Waals surface area contributed by atoms with Crippen LogP contribution in [0.4, 0.5) is 24.5 Å². The zero-order valence-electron chi connectivity index (χ0n) is 17.5. The summed E-state index contributed by atoms with van der Waals surface area (Å²) < 4.78 is 47.2. The molecule has 33 heavy (non-hydrogen) atoms. The smallest absolute Gasteiger partial charge is 0.265 e. The fourth-order valence-corrected chi connectivity index (χ4v) is 4.13. The molecule has 0 spiro atoms. The molecule has 12 heteroatoms. The summed E-state index contributed by atoms with van der Waals surface area (Å²) in [6, 6.07) is 8.35. The Kier molecular flexibility index (Phi) is 6.27. The van der Waals surface area contributed by atoms with Crippen molar-refractivity contribution in [1.82, 2.24) is 14.8 Å². The number of nitrogens with zero attached hydrogens (tertiary/aromatic N) is 4. The fraction of sp³-hybridized carbons (Fsp3) is 0.238. The first-order valence-electron chi connectivity index (χ1n) is 9.77. The maximum absolute atomic E-state index is 13.8. The number of rotatable bonds is 6. The average molecular weight is 477 g/mol. The number of anilines is 2. The lowest BCUT2D eigenvalue weighted by Crippen LogP contribution is -2.41. The van der Waals surface area contributed by atoms with Crippen molar-refractivity contribution in [2.75, 3.05) is 22.6 Å². The van der Waals surface area contributed by atoms with Gasteiger partial charge in [-0.1, -0.05) is 23.9 Å². The van der Waals surface area contributed by atoms with E-state index in [0.717, 1.165) is 23.9 Å². The first kappa shape index (κ1) is 22.6. The summed E-state index contributed by atoms with van der Waals surface area (Å²) in [6.45, 7) is 1.71. The molecule has 1 unspecified atom stereocenters. The molecule has 3 aromatic rings. The van der Waals surface area contributed by atoms with Crippen molar-refractivity contribution in [3.05, 3.63) is 59.7 Å². The van der Waals surface area contributed by atoms with Gasteiger partial charge in [-0.3, -0.25) is 14.5 Å². The predicted molar refractivity (Wildman–Crippen MR) is 115 cm³/mol. The van der Waals surface area contributed by atoms with Crippen molar-refractivity contribution in [3.63, 3.8) is 0 Å². The van der Waals surface area contributed by atoms with E-state index in [-0.39, 0.29) is 18.3 Å². The molecule has 0 saturated heterocycles. The van der Waals surface area contributed by atoms with Gasteiger partial charge in [-0.2, -0.15) is 0 Å². The molecule has 172 valence electrons. The van der Waals surface area contributed by atoms with E-state index in [9.17, 15) is 22.8 Å². The minimum Gasteiger partial charge on any atom is -0.482 e. The average Bonchev–Trinajstić information content (AvgIpc) is 3.18. The molecule has 2 amide bonds.